The number of imide groups is 1. The SMILES string of the molecule is COc1cc(N2CCC(CN3CCC(n4cc5cc(NC(=O)c6ccnc(N)n6)c(N6CCCC(F)C6)cc5n4)CC3)CC2)ccc1C(=O)N[C@H]1CCC(=O)NC1=O. The Morgan fingerprint density at radius 2 is 1.78 bits per heavy atom. The van der Waals surface area contributed by atoms with Gasteiger partial charge in [0.15, 0.2) is 0 Å². The number of carbonyl (C=O) groups is 4. The maximum absolute atomic E-state index is 14.6. The molecule has 17 heteroatoms. The molecule has 2 aromatic carbocycles. The van der Waals surface area contributed by atoms with Crippen molar-refractivity contribution in [1.29, 1.82) is 0 Å². The van der Waals surface area contributed by atoms with Gasteiger partial charge in [0.05, 0.1) is 35.6 Å². The number of anilines is 4. The van der Waals surface area contributed by atoms with Crippen LogP contribution in [0.15, 0.2) is 48.8 Å². The summed E-state index contributed by atoms with van der Waals surface area (Å²) in [7, 11) is 1.53. The Morgan fingerprint density at radius 3 is 2.52 bits per heavy atom. The van der Waals surface area contributed by atoms with Gasteiger partial charge in [-0.15, -0.1) is 0 Å². The largest absolute Gasteiger partial charge is 0.496 e. The molecule has 4 aliphatic heterocycles. The van der Waals surface area contributed by atoms with Crippen LogP contribution in [0.4, 0.5) is 27.4 Å². The Labute approximate surface area is 335 Å². The average molecular weight is 796 g/mol. The molecule has 6 heterocycles. The summed E-state index contributed by atoms with van der Waals surface area (Å²) in [5, 5.41) is 13.9. The third-order valence-corrected chi connectivity index (χ3v) is 11.9. The molecule has 5 N–H and O–H groups in total. The Balaban J connectivity index is 0.859. The first-order valence-corrected chi connectivity index (χ1v) is 20.2. The molecule has 58 heavy (non-hydrogen) atoms. The summed E-state index contributed by atoms with van der Waals surface area (Å²) in [5.74, 6) is -0.634. The van der Waals surface area contributed by atoms with Crippen LogP contribution in [-0.2, 0) is 9.59 Å². The molecule has 2 aromatic heterocycles. The van der Waals surface area contributed by atoms with Crippen molar-refractivity contribution >= 4 is 57.5 Å². The Bertz CT molecular complexity index is 2180. The number of nitrogens with one attached hydrogen (secondary N) is 3. The first kappa shape index (κ1) is 39.0. The highest BCUT2D eigenvalue weighted by atomic mass is 19.1. The molecule has 0 radical (unpaired) electrons. The summed E-state index contributed by atoms with van der Waals surface area (Å²) >= 11 is 0. The lowest BCUT2D eigenvalue weighted by Gasteiger charge is -2.38. The number of nitrogens with two attached hydrogens (primary N) is 1. The number of aromatic nitrogens is 4. The van der Waals surface area contributed by atoms with Crippen LogP contribution in [0.3, 0.4) is 0 Å². The van der Waals surface area contributed by atoms with E-state index < -0.39 is 29.9 Å². The number of piperidine rings is 4. The predicted octanol–water partition coefficient (Wildman–Crippen LogP) is 3.70. The topological polar surface area (TPSA) is 193 Å². The molecular weight excluding hydrogens is 746 g/mol. The van der Waals surface area contributed by atoms with Gasteiger partial charge in [-0.3, -0.25) is 29.2 Å². The van der Waals surface area contributed by atoms with Gasteiger partial charge >= 0.3 is 0 Å². The minimum absolute atomic E-state index is 0.0120. The van der Waals surface area contributed by atoms with Gasteiger partial charge in [-0.25, -0.2) is 14.4 Å². The number of amides is 4. The zero-order valence-corrected chi connectivity index (χ0v) is 32.7. The zero-order valence-electron chi connectivity index (χ0n) is 32.7. The molecule has 1 unspecified atom stereocenters. The van der Waals surface area contributed by atoms with Crippen molar-refractivity contribution in [3.05, 3.63) is 60.0 Å². The molecular formula is C41H50FN11O5. The van der Waals surface area contributed by atoms with Gasteiger partial charge in [-0.1, -0.05) is 0 Å². The molecule has 8 rings (SSSR count). The van der Waals surface area contributed by atoms with Crippen LogP contribution < -0.4 is 36.2 Å². The van der Waals surface area contributed by atoms with E-state index in [9.17, 15) is 23.6 Å². The molecule has 306 valence electrons. The van der Waals surface area contributed by atoms with E-state index in [0.717, 1.165) is 87.1 Å². The second-order valence-corrected chi connectivity index (χ2v) is 15.8. The minimum Gasteiger partial charge on any atom is -0.496 e. The third kappa shape index (κ3) is 8.68. The van der Waals surface area contributed by atoms with E-state index in [4.69, 9.17) is 15.6 Å². The van der Waals surface area contributed by atoms with Gasteiger partial charge in [0.2, 0.25) is 17.8 Å². The van der Waals surface area contributed by atoms with Crippen molar-refractivity contribution in [2.45, 2.75) is 69.6 Å². The van der Waals surface area contributed by atoms with E-state index in [1.165, 1.54) is 19.4 Å². The first-order chi connectivity index (χ1) is 28.1. The molecule has 4 fully saturated rings. The van der Waals surface area contributed by atoms with E-state index >= 15 is 0 Å². The number of nitrogen functional groups attached to an aromatic ring is 1. The number of benzene rings is 2. The molecule has 4 aromatic rings. The molecule has 0 saturated carbocycles. The van der Waals surface area contributed by atoms with Crippen molar-refractivity contribution in [3.8, 4) is 5.75 Å². The van der Waals surface area contributed by atoms with Crippen LogP contribution >= 0.6 is 0 Å². The van der Waals surface area contributed by atoms with E-state index in [1.807, 2.05) is 35.4 Å². The third-order valence-electron chi connectivity index (χ3n) is 11.9. The van der Waals surface area contributed by atoms with Crippen LogP contribution in [-0.4, -0.2) is 113 Å². The molecule has 0 bridgehead atoms. The van der Waals surface area contributed by atoms with Gasteiger partial charge < -0.3 is 35.8 Å². The smallest absolute Gasteiger partial charge is 0.274 e. The number of rotatable bonds is 10. The molecule has 4 aliphatic rings. The number of methoxy groups -OCH3 is 1. The van der Waals surface area contributed by atoms with Crippen LogP contribution in [0, 0.1) is 5.92 Å². The average Bonchev–Trinajstić information content (AvgIpc) is 3.65. The number of halogens is 1. The second kappa shape index (κ2) is 16.9. The number of ether oxygens (including phenoxy) is 1. The summed E-state index contributed by atoms with van der Waals surface area (Å²) in [5.41, 5.74) is 9.33. The van der Waals surface area contributed by atoms with E-state index in [1.54, 1.807) is 6.07 Å². The number of alkyl halides is 1. The van der Waals surface area contributed by atoms with E-state index in [0.29, 0.717) is 35.9 Å². The lowest BCUT2D eigenvalue weighted by Crippen LogP contribution is -2.52. The van der Waals surface area contributed by atoms with Crippen molar-refractivity contribution in [2.24, 2.45) is 5.92 Å². The second-order valence-electron chi connectivity index (χ2n) is 15.8. The van der Waals surface area contributed by atoms with Gasteiger partial charge in [-0.2, -0.15) is 5.10 Å². The summed E-state index contributed by atoms with van der Waals surface area (Å²) in [6.45, 7) is 5.72. The van der Waals surface area contributed by atoms with E-state index in [2.05, 4.69) is 40.4 Å². The number of carbonyl (C=O) groups excluding carboxylic acids is 4. The number of nitrogens with zero attached hydrogens (tertiary/aromatic N) is 7. The first-order valence-electron chi connectivity index (χ1n) is 20.2. The maximum Gasteiger partial charge on any atom is 0.274 e. The number of hydrogen-bond donors (Lipinski definition) is 4. The van der Waals surface area contributed by atoms with E-state index in [-0.39, 0.29) is 43.0 Å². The molecule has 2 atom stereocenters. The lowest BCUT2D eigenvalue weighted by molar-refractivity contribution is -0.134. The molecule has 4 amide bonds. The summed E-state index contributed by atoms with van der Waals surface area (Å²) < 4.78 is 22.2. The predicted molar refractivity (Wildman–Crippen MR) is 217 cm³/mol. The highest BCUT2D eigenvalue weighted by Gasteiger charge is 2.31. The maximum atomic E-state index is 14.6. The van der Waals surface area contributed by atoms with Crippen molar-refractivity contribution in [2.75, 3.05) is 73.8 Å². The van der Waals surface area contributed by atoms with Crippen LogP contribution in [0.1, 0.15) is 78.3 Å². The fourth-order valence-corrected chi connectivity index (χ4v) is 8.70. The van der Waals surface area contributed by atoms with Gasteiger partial charge in [0.1, 0.15) is 23.7 Å². The van der Waals surface area contributed by atoms with Gasteiger partial charge in [0.25, 0.3) is 11.8 Å². The number of likely N-dealkylation sites (tertiary alicyclic amines) is 1. The fraction of sp³-hybridized carbons (Fsp3) is 0.488. The Hall–Kier alpha value is -5.84. The normalized spacial score (nSPS) is 21.2. The van der Waals surface area contributed by atoms with Crippen molar-refractivity contribution in [1.82, 2.24) is 35.3 Å². The number of fused-ring (bicyclic) bond motifs is 1. The summed E-state index contributed by atoms with van der Waals surface area (Å²) in [6, 6.07) is 10.4. The van der Waals surface area contributed by atoms with Gasteiger partial charge in [-0.05, 0) is 81.2 Å². The summed E-state index contributed by atoms with van der Waals surface area (Å²) in [4.78, 5) is 64.7. The monoisotopic (exact) mass is 795 g/mol. The van der Waals surface area contributed by atoms with Gasteiger partial charge in [0, 0.05) is 81.8 Å². The fourth-order valence-electron chi connectivity index (χ4n) is 8.70. The summed E-state index contributed by atoms with van der Waals surface area (Å²) in [6.07, 6.45) is 8.30. The zero-order chi connectivity index (χ0) is 40.3. The highest BCUT2D eigenvalue weighted by molar-refractivity contribution is 6.07. The van der Waals surface area contributed by atoms with Crippen LogP contribution in [0.2, 0.25) is 0 Å². The quantitative estimate of drug-likeness (QED) is 0.171. The van der Waals surface area contributed by atoms with Crippen molar-refractivity contribution < 1.29 is 28.3 Å². The molecule has 16 nitrogen and oxygen atoms in total. The highest BCUT2D eigenvalue weighted by Crippen LogP contribution is 2.36. The standard InChI is InChI=1S/C41H50FN11O5/c1-58-36-20-29(4-5-30(36)38(55)45-31-6-7-37(54)48-40(31)57)51-17-9-25(10-18-51)22-50-15-11-28(12-16-50)53-23-26-19-34(46-39(56)32-8-13-44-41(43)47-32)35(21-33(26)49-53)52-14-2-3-27(42)24-52/h4-5,8,13,19-21,23,25,27-28,31H,2-3,6-7,9-12,14-18,22,24H2,1H3,(H,45,55)(H,46,56)(H2,43,44,47)(H,48,54,57)/t27?,31-/m0/s1. The van der Waals surface area contributed by atoms with Crippen LogP contribution in [0.5, 0.6) is 5.75 Å². The molecule has 0 aliphatic carbocycles. The molecule has 0 spiro atoms. The van der Waals surface area contributed by atoms with Crippen molar-refractivity contribution in [3.63, 3.8) is 0 Å². The Kier molecular flexibility index (Phi) is 11.4. The molecule has 4 saturated heterocycles. The minimum atomic E-state index is -0.941. The Morgan fingerprint density at radius 1 is 0.966 bits per heavy atom. The lowest BCUT2D eigenvalue weighted by atomic mass is 9.94. The van der Waals surface area contributed by atoms with Crippen LogP contribution in [0.25, 0.3) is 10.9 Å². The number of hydrogen-bond acceptors (Lipinski definition) is 12.